The van der Waals surface area contributed by atoms with E-state index in [0.29, 0.717) is 0 Å². The van der Waals surface area contributed by atoms with Crippen LogP contribution in [-0.2, 0) is 32.5 Å². The first-order chi connectivity index (χ1) is 61.8. The van der Waals surface area contributed by atoms with Gasteiger partial charge in [0, 0.05) is 77.9 Å². The maximum atomic E-state index is 2.81. The normalized spacial score (nSPS) is 13.6. The molecule has 0 spiro atoms. The zero-order valence-electron chi connectivity index (χ0n) is 77.5. The van der Waals surface area contributed by atoms with Crippen LogP contribution < -0.4 is 26.2 Å². The number of hydrogen-bond donors (Lipinski definition) is 0. The summed E-state index contributed by atoms with van der Waals surface area (Å²) in [6, 6.07) is 126. The molecule has 2 aliphatic heterocycles. The Morgan fingerprint density at radius 2 is 0.504 bits per heavy atom. The van der Waals surface area contributed by atoms with Gasteiger partial charge in [-0.15, -0.1) is 0 Å². The number of benzene rings is 20. The van der Waals surface area contributed by atoms with Crippen molar-refractivity contribution >= 4 is 165 Å². The molecule has 2 aromatic heterocycles. The summed E-state index contributed by atoms with van der Waals surface area (Å²) in [4.78, 5) is 5.59. The SMILES string of the molecule is CC(C)(C)c1cccc(-c2cc(-c3ccccc3)cc(-c3ccccc3)c2N2c3cc(-n4c5cc(C(C)(C)C)c6cccc7c8cccc9c(C(C)(C)C)cc4c(c98)c5c67)ccc3B3c4ccc(-n5c6cc(C(C)(C)C)c7cccc8c9cccc%10c(C(C)(C)C)cc5c(c%109)c6c78)cc4N(c4c(-c5ccccc5)cccc4-c4ccccc4)c4cc(C(C)(C)C)cc2c43)c1. The molecule has 129 heavy (non-hydrogen) atoms. The zero-order chi connectivity index (χ0) is 88.5. The zero-order valence-corrected chi connectivity index (χ0v) is 77.5. The van der Waals surface area contributed by atoms with Crippen LogP contribution in [0.1, 0.15) is 158 Å². The van der Waals surface area contributed by atoms with E-state index in [1.165, 1.54) is 158 Å². The molecule has 0 fully saturated rings. The summed E-state index contributed by atoms with van der Waals surface area (Å²) >= 11 is 0. The molecule has 22 aromatic rings. The van der Waals surface area contributed by atoms with Gasteiger partial charge in [-0.25, -0.2) is 0 Å². The average molecular weight is 1660 g/mol. The van der Waals surface area contributed by atoms with Crippen LogP contribution in [0.25, 0.3) is 175 Å². The van der Waals surface area contributed by atoms with E-state index in [1.807, 2.05) is 0 Å². The van der Waals surface area contributed by atoms with Crippen LogP contribution >= 0.6 is 0 Å². The number of para-hydroxylation sites is 1. The van der Waals surface area contributed by atoms with Gasteiger partial charge in [0.25, 0.3) is 6.71 Å². The van der Waals surface area contributed by atoms with Crippen molar-refractivity contribution in [2.45, 2.75) is 157 Å². The van der Waals surface area contributed by atoms with Gasteiger partial charge >= 0.3 is 0 Å². The molecule has 0 amide bonds. The van der Waals surface area contributed by atoms with E-state index in [9.17, 15) is 0 Å². The second-order valence-corrected chi connectivity index (χ2v) is 43.5. The van der Waals surface area contributed by atoms with Gasteiger partial charge < -0.3 is 18.9 Å². The lowest BCUT2D eigenvalue weighted by molar-refractivity contribution is 0.590. The monoisotopic (exact) mass is 1660 g/mol. The number of aromatic nitrogens is 2. The maximum Gasteiger partial charge on any atom is 0.252 e. The second-order valence-electron chi connectivity index (χ2n) is 43.5. The van der Waals surface area contributed by atoms with E-state index in [0.717, 1.165) is 101 Å². The molecule has 24 rings (SSSR count). The van der Waals surface area contributed by atoms with Crippen molar-refractivity contribution in [1.82, 2.24) is 9.13 Å². The Morgan fingerprint density at radius 3 is 0.853 bits per heavy atom. The van der Waals surface area contributed by atoms with E-state index in [2.05, 4.69) is 465 Å². The molecule has 4 nitrogen and oxygen atoms in total. The van der Waals surface area contributed by atoms with Gasteiger partial charge in [-0.05, 0) is 253 Å². The summed E-state index contributed by atoms with van der Waals surface area (Å²) < 4.78 is 5.42. The van der Waals surface area contributed by atoms with Crippen molar-refractivity contribution in [1.29, 1.82) is 0 Å². The van der Waals surface area contributed by atoms with Crippen molar-refractivity contribution in [2.75, 3.05) is 9.80 Å². The van der Waals surface area contributed by atoms with Crippen molar-refractivity contribution in [3.8, 4) is 67.0 Å². The molecule has 2 aliphatic rings. The number of hydrogen-bond acceptors (Lipinski definition) is 2. The molecule has 20 aromatic carbocycles. The van der Waals surface area contributed by atoms with E-state index in [4.69, 9.17) is 0 Å². The highest BCUT2D eigenvalue weighted by Crippen LogP contribution is 2.59. The molecule has 0 bridgehead atoms. The number of nitrogens with zero attached hydrogens (tertiary/aromatic N) is 4. The van der Waals surface area contributed by atoms with E-state index < -0.39 is 5.41 Å². The molecule has 0 aliphatic carbocycles. The van der Waals surface area contributed by atoms with E-state index >= 15 is 0 Å². The molecule has 5 heteroatoms. The largest absolute Gasteiger partial charge is 0.310 e. The third-order valence-electron chi connectivity index (χ3n) is 29.3. The topological polar surface area (TPSA) is 16.3 Å². The molecular weight excluding hydrogens is 1560 g/mol. The van der Waals surface area contributed by atoms with Gasteiger partial charge in [0.2, 0.25) is 0 Å². The van der Waals surface area contributed by atoms with Crippen LogP contribution in [0.5, 0.6) is 0 Å². The molecule has 0 radical (unpaired) electrons. The van der Waals surface area contributed by atoms with Crippen LogP contribution in [0, 0.1) is 0 Å². The third kappa shape index (κ3) is 11.6. The van der Waals surface area contributed by atoms with E-state index in [-0.39, 0.29) is 33.8 Å². The highest BCUT2D eigenvalue weighted by atomic mass is 15.2. The number of anilines is 6. The van der Waals surface area contributed by atoms with Crippen LogP contribution in [0.2, 0.25) is 0 Å². The average Bonchev–Trinajstić information content (AvgIpc) is 1.58. The maximum absolute atomic E-state index is 2.81. The van der Waals surface area contributed by atoms with Crippen molar-refractivity contribution in [2.24, 2.45) is 0 Å². The molecule has 0 saturated heterocycles. The van der Waals surface area contributed by atoms with Gasteiger partial charge in [-0.1, -0.05) is 373 Å². The van der Waals surface area contributed by atoms with Gasteiger partial charge in [0.1, 0.15) is 0 Å². The number of fused-ring (bicyclic) bond motifs is 6. The molecule has 0 unspecified atom stereocenters. The highest BCUT2D eigenvalue weighted by molar-refractivity contribution is 7.00. The smallest absolute Gasteiger partial charge is 0.252 e. The molecule has 4 heterocycles. The lowest BCUT2D eigenvalue weighted by atomic mass is 9.33. The Morgan fingerprint density at radius 1 is 0.202 bits per heavy atom. The fraction of sp³-hybridized carbons (Fsp3) is 0.194. The quantitative estimate of drug-likeness (QED) is 0.0813. The van der Waals surface area contributed by atoms with Gasteiger partial charge in [0.05, 0.1) is 33.4 Å². The Bertz CT molecular complexity index is 8090. The summed E-state index contributed by atoms with van der Waals surface area (Å²) in [6.07, 6.45) is 0. The van der Waals surface area contributed by atoms with Crippen LogP contribution in [-0.4, -0.2) is 15.8 Å². The fourth-order valence-corrected chi connectivity index (χ4v) is 23.3. The highest BCUT2D eigenvalue weighted by Gasteiger charge is 2.47. The van der Waals surface area contributed by atoms with Crippen molar-refractivity contribution in [3.63, 3.8) is 0 Å². The summed E-state index contributed by atoms with van der Waals surface area (Å²) in [5.41, 5.74) is 35.6. The van der Waals surface area contributed by atoms with Gasteiger partial charge in [0.15, 0.2) is 0 Å². The second kappa shape index (κ2) is 27.4. The summed E-state index contributed by atoms with van der Waals surface area (Å²) in [5, 5.41) is 21.2. The first kappa shape index (κ1) is 78.7. The minimum Gasteiger partial charge on any atom is -0.310 e. The Hall–Kier alpha value is -13.7. The first-order valence-corrected chi connectivity index (χ1v) is 46.6. The molecular formula is C124H107BN4. The lowest BCUT2D eigenvalue weighted by Crippen LogP contribution is -2.61. The Balaban J connectivity index is 0.897. The van der Waals surface area contributed by atoms with Crippen LogP contribution in [0.4, 0.5) is 34.1 Å². The minimum atomic E-state index is -0.394. The Kier molecular flexibility index (Phi) is 16.7. The summed E-state index contributed by atoms with van der Waals surface area (Å²) in [6.45, 7) is 43.0. The number of rotatable bonds is 9. The van der Waals surface area contributed by atoms with Crippen molar-refractivity contribution < 1.29 is 0 Å². The van der Waals surface area contributed by atoms with Crippen LogP contribution in [0.3, 0.4) is 0 Å². The Labute approximate surface area is 758 Å². The fourth-order valence-electron chi connectivity index (χ4n) is 23.3. The third-order valence-corrected chi connectivity index (χ3v) is 29.3. The van der Waals surface area contributed by atoms with Gasteiger partial charge in [-0.2, -0.15) is 0 Å². The molecule has 0 atom stereocenters. The van der Waals surface area contributed by atoms with Crippen LogP contribution in [0.15, 0.2) is 322 Å². The summed E-state index contributed by atoms with van der Waals surface area (Å²) in [7, 11) is 0. The van der Waals surface area contributed by atoms with E-state index in [1.54, 1.807) is 0 Å². The lowest BCUT2D eigenvalue weighted by Gasteiger charge is -2.46. The van der Waals surface area contributed by atoms with Crippen molar-refractivity contribution in [3.05, 3.63) is 355 Å². The predicted octanol–water partition coefficient (Wildman–Crippen LogP) is 32.8. The predicted molar refractivity (Wildman–Crippen MR) is 558 cm³/mol. The molecule has 626 valence electrons. The standard InChI is InChI=1S/C124H107BN4/c1-119(2,3)78-46-31-45-76(61-78)93-63-77(72-37-23-19-24-38-72)62-92(75-43-29-22-30-44-75)118(93)129-101-67-81(127-104-70-96(123(13,14)15)90-55-35-51-86-87-52-36-56-91-97(124(16,17)18)71-105(127)115(111(87)91)114(104)110(86)90)58-60-99(101)125-98-59-57-80(126-102-68-94(121(7,8)9)88-53-33-49-84-85-50-34-54-89-95(122(10,11)12)69-103(126)113(109(85)89)112(102)108(84)88)66-100(98)128(106-64-79(120(4,5)6)65-107(129)116(106)125)117-82(73-39-25-20-26-40-73)47-32-48-83(117)74-41-27-21-28-42-74/h19-71H,1-18H3. The summed E-state index contributed by atoms with van der Waals surface area (Å²) in [5.74, 6) is 0. The molecule has 0 saturated carbocycles. The molecule has 0 N–H and O–H groups in total. The minimum absolute atomic E-state index is 0.167. The van der Waals surface area contributed by atoms with Gasteiger partial charge in [-0.3, -0.25) is 0 Å². The first-order valence-electron chi connectivity index (χ1n) is 46.6.